The third kappa shape index (κ3) is 2.08. The Morgan fingerprint density at radius 3 is 2.60 bits per heavy atom. The van der Waals surface area contributed by atoms with E-state index in [2.05, 4.69) is 4.98 Å². The fraction of sp³-hybridized carbons (Fsp3) is 0.100. The first kappa shape index (κ1) is 10.3. The summed E-state index contributed by atoms with van der Waals surface area (Å²) < 4.78 is 23.0. The predicted octanol–water partition coefficient (Wildman–Crippen LogP) is 2.21. The van der Waals surface area contributed by atoms with E-state index in [0.717, 1.165) is 0 Å². The lowest BCUT2D eigenvalue weighted by molar-refractivity contribution is 0.602. The summed E-state index contributed by atoms with van der Waals surface area (Å²) in [6, 6.07) is 6.89. The van der Waals surface area contributed by atoms with Crippen molar-refractivity contribution in [3.63, 3.8) is 0 Å². The van der Waals surface area contributed by atoms with Crippen LogP contribution in [0, 0.1) is 0 Å². The molecule has 1 aromatic carbocycles. The second kappa shape index (κ2) is 3.75. The van der Waals surface area contributed by atoms with Crippen LogP contribution in [0.3, 0.4) is 0 Å². The smallest absolute Gasteiger partial charge is 0.176 e. The van der Waals surface area contributed by atoms with Crippen LogP contribution >= 0.6 is 11.3 Å². The molecule has 0 radical (unpaired) electrons. The molecule has 2 rings (SSSR count). The highest BCUT2D eigenvalue weighted by molar-refractivity contribution is 7.90. The summed E-state index contributed by atoms with van der Waals surface area (Å²) in [5.74, 6) is 0. The molecule has 0 unspecified atom stereocenters. The van der Waals surface area contributed by atoms with Crippen molar-refractivity contribution >= 4 is 21.2 Å². The van der Waals surface area contributed by atoms with E-state index in [1.807, 2.05) is 11.4 Å². The Hall–Kier alpha value is -1.20. The van der Waals surface area contributed by atoms with Crippen molar-refractivity contribution in [3.05, 3.63) is 35.2 Å². The van der Waals surface area contributed by atoms with Gasteiger partial charge in [0, 0.05) is 17.2 Å². The van der Waals surface area contributed by atoms with Gasteiger partial charge in [0.1, 0.15) is 0 Å². The van der Waals surface area contributed by atoms with Crippen LogP contribution in [0.1, 0.15) is 0 Å². The molecule has 0 bridgehead atoms. The molecule has 0 saturated carbocycles. The summed E-state index contributed by atoms with van der Waals surface area (Å²) in [5.41, 5.74) is 3.07. The molecule has 5 heteroatoms. The van der Waals surface area contributed by atoms with Gasteiger partial charge in [0.25, 0.3) is 0 Å². The first-order valence-corrected chi connectivity index (χ1v) is 7.10. The number of thiazole rings is 1. The van der Waals surface area contributed by atoms with Gasteiger partial charge in [0.2, 0.25) is 0 Å². The number of hydrogen-bond acceptors (Lipinski definition) is 4. The van der Waals surface area contributed by atoms with Gasteiger partial charge in [-0.2, -0.15) is 0 Å². The Labute approximate surface area is 92.3 Å². The molecule has 0 N–H and O–H groups in total. The van der Waals surface area contributed by atoms with E-state index < -0.39 is 9.84 Å². The maximum absolute atomic E-state index is 11.5. The Bertz CT molecular complexity index is 559. The Morgan fingerprint density at radius 1 is 1.27 bits per heavy atom. The molecule has 78 valence electrons. The summed E-state index contributed by atoms with van der Waals surface area (Å²) >= 11 is 1.45. The van der Waals surface area contributed by atoms with Crippen molar-refractivity contribution in [2.45, 2.75) is 4.90 Å². The lowest BCUT2D eigenvalue weighted by Crippen LogP contribution is -1.99. The van der Waals surface area contributed by atoms with Gasteiger partial charge in [-0.1, -0.05) is 18.2 Å². The third-order valence-corrected chi connectivity index (χ3v) is 3.74. The van der Waals surface area contributed by atoms with Gasteiger partial charge in [-0.05, 0) is 6.07 Å². The van der Waals surface area contributed by atoms with Crippen LogP contribution in [-0.4, -0.2) is 19.7 Å². The van der Waals surface area contributed by atoms with Crippen molar-refractivity contribution in [3.8, 4) is 11.3 Å². The zero-order chi connectivity index (χ0) is 10.9. The van der Waals surface area contributed by atoms with Crippen molar-refractivity contribution in [2.75, 3.05) is 6.26 Å². The summed E-state index contributed by atoms with van der Waals surface area (Å²) in [4.78, 5) is 4.44. The average Bonchev–Trinajstić information content (AvgIpc) is 2.69. The Kier molecular flexibility index (Phi) is 2.58. The van der Waals surface area contributed by atoms with Crippen LogP contribution in [-0.2, 0) is 9.84 Å². The number of rotatable bonds is 2. The number of hydrogen-bond donors (Lipinski definition) is 0. The average molecular weight is 239 g/mol. The largest absolute Gasteiger partial charge is 0.245 e. The second-order valence-electron chi connectivity index (χ2n) is 3.14. The molecule has 1 heterocycles. The van der Waals surface area contributed by atoms with Gasteiger partial charge >= 0.3 is 0 Å². The normalized spacial score (nSPS) is 11.5. The highest BCUT2D eigenvalue weighted by atomic mass is 32.2. The molecular weight excluding hydrogens is 230 g/mol. The summed E-state index contributed by atoms with van der Waals surface area (Å²) in [6.07, 6.45) is 1.21. The lowest BCUT2D eigenvalue weighted by Gasteiger charge is -2.04. The minimum Gasteiger partial charge on any atom is -0.245 e. The highest BCUT2D eigenvalue weighted by Gasteiger charge is 2.14. The van der Waals surface area contributed by atoms with Crippen molar-refractivity contribution in [1.29, 1.82) is 0 Å². The Balaban J connectivity index is 2.68. The van der Waals surface area contributed by atoms with Crippen molar-refractivity contribution in [1.82, 2.24) is 4.98 Å². The Morgan fingerprint density at radius 2 is 2.00 bits per heavy atom. The fourth-order valence-electron chi connectivity index (χ4n) is 1.35. The first-order chi connectivity index (χ1) is 7.09. The van der Waals surface area contributed by atoms with Crippen molar-refractivity contribution < 1.29 is 8.42 Å². The predicted molar refractivity (Wildman–Crippen MR) is 60.7 cm³/mol. The summed E-state index contributed by atoms with van der Waals surface area (Å²) in [5, 5.41) is 1.84. The van der Waals surface area contributed by atoms with Gasteiger partial charge in [0.05, 0.1) is 16.1 Å². The van der Waals surface area contributed by atoms with Crippen molar-refractivity contribution in [2.24, 2.45) is 0 Å². The first-order valence-electron chi connectivity index (χ1n) is 4.26. The van der Waals surface area contributed by atoms with Crippen LogP contribution in [0.25, 0.3) is 11.3 Å². The fourth-order valence-corrected chi connectivity index (χ4v) is 2.80. The molecule has 0 saturated heterocycles. The maximum Gasteiger partial charge on any atom is 0.176 e. The van der Waals surface area contributed by atoms with Crippen LogP contribution in [0.2, 0.25) is 0 Å². The second-order valence-corrected chi connectivity index (χ2v) is 5.84. The third-order valence-electron chi connectivity index (χ3n) is 1.99. The molecule has 0 amide bonds. The number of aromatic nitrogens is 1. The van der Waals surface area contributed by atoms with Gasteiger partial charge in [-0.25, -0.2) is 13.4 Å². The molecule has 1 aromatic heterocycles. The van der Waals surface area contributed by atoms with E-state index in [1.165, 1.54) is 17.6 Å². The van der Waals surface area contributed by atoms with Gasteiger partial charge in [-0.15, -0.1) is 11.3 Å². The maximum atomic E-state index is 11.5. The van der Waals surface area contributed by atoms with Crippen LogP contribution in [0.15, 0.2) is 40.1 Å². The molecule has 3 nitrogen and oxygen atoms in total. The van der Waals surface area contributed by atoms with E-state index in [0.29, 0.717) is 16.2 Å². The number of benzene rings is 1. The minimum atomic E-state index is -3.19. The molecule has 2 aromatic rings. The molecule has 0 spiro atoms. The molecule has 0 atom stereocenters. The molecule has 0 fully saturated rings. The zero-order valence-electron chi connectivity index (χ0n) is 8.04. The van der Waals surface area contributed by atoms with Crippen LogP contribution in [0.4, 0.5) is 0 Å². The molecule has 0 aliphatic carbocycles. The highest BCUT2D eigenvalue weighted by Crippen LogP contribution is 2.26. The molecule has 0 aliphatic heterocycles. The SMILES string of the molecule is CS(=O)(=O)c1ccccc1-c1cscn1. The van der Waals surface area contributed by atoms with E-state index >= 15 is 0 Å². The van der Waals surface area contributed by atoms with Gasteiger partial charge in [0.15, 0.2) is 9.84 Å². The summed E-state index contributed by atoms with van der Waals surface area (Å²) in [7, 11) is -3.19. The van der Waals surface area contributed by atoms with Gasteiger partial charge in [-0.3, -0.25) is 0 Å². The van der Waals surface area contributed by atoms with E-state index in [9.17, 15) is 8.42 Å². The standard InChI is InChI=1S/C10H9NO2S2/c1-15(12,13)10-5-3-2-4-8(10)9-6-14-7-11-9/h2-7H,1H3. The molecule has 15 heavy (non-hydrogen) atoms. The molecule has 0 aliphatic rings. The van der Waals surface area contributed by atoms with Crippen LogP contribution in [0.5, 0.6) is 0 Å². The summed E-state index contributed by atoms with van der Waals surface area (Å²) in [6.45, 7) is 0. The van der Waals surface area contributed by atoms with Gasteiger partial charge < -0.3 is 0 Å². The number of nitrogens with zero attached hydrogens (tertiary/aromatic N) is 1. The lowest BCUT2D eigenvalue weighted by atomic mass is 10.2. The quantitative estimate of drug-likeness (QED) is 0.807. The monoisotopic (exact) mass is 239 g/mol. The van der Waals surface area contributed by atoms with Crippen LogP contribution < -0.4 is 0 Å². The topological polar surface area (TPSA) is 47.0 Å². The zero-order valence-corrected chi connectivity index (χ0v) is 9.68. The van der Waals surface area contributed by atoms with E-state index in [1.54, 1.807) is 23.7 Å². The molecular formula is C10H9NO2S2. The van der Waals surface area contributed by atoms with E-state index in [-0.39, 0.29) is 0 Å². The number of sulfone groups is 1. The van der Waals surface area contributed by atoms with E-state index in [4.69, 9.17) is 0 Å². The minimum absolute atomic E-state index is 0.330.